The van der Waals surface area contributed by atoms with Crippen LogP contribution in [0, 0.1) is 15.9 Å². The fourth-order valence-corrected chi connectivity index (χ4v) is 5.61. The monoisotopic (exact) mass is 610 g/mol. The fourth-order valence-electron chi connectivity index (χ4n) is 5.13. The van der Waals surface area contributed by atoms with Crippen molar-refractivity contribution in [2.75, 3.05) is 36.0 Å². The van der Waals surface area contributed by atoms with Gasteiger partial charge in [0.15, 0.2) is 0 Å². The number of alkyl halides is 2. The number of aryl methyl sites for hydroxylation is 1. The zero-order valence-corrected chi connectivity index (χ0v) is 22.3. The summed E-state index contributed by atoms with van der Waals surface area (Å²) in [5.41, 5.74) is 1.91. The number of hydrogen-bond donors (Lipinski definition) is 1. The van der Waals surface area contributed by atoms with Gasteiger partial charge < -0.3 is 9.80 Å². The molecule has 2 saturated heterocycles. The van der Waals surface area contributed by atoms with E-state index in [0.29, 0.717) is 34.6 Å². The van der Waals surface area contributed by atoms with E-state index in [1.807, 2.05) is 12.1 Å². The summed E-state index contributed by atoms with van der Waals surface area (Å²) in [5, 5.41) is 0.564. The lowest BCUT2D eigenvalue weighted by molar-refractivity contribution is -0.0120. The molecule has 8 nitrogen and oxygen atoms in total. The minimum absolute atomic E-state index is 0.0378. The number of rotatable bonds is 4. The van der Waals surface area contributed by atoms with Crippen LogP contribution in [-0.4, -0.2) is 58.9 Å². The summed E-state index contributed by atoms with van der Waals surface area (Å²) in [7, 11) is 0. The molecule has 2 aromatic rings. The summed E-state index contributed by atoms with van der Waals surface area (Å²) in [5.74, 6) is 1.80. The Bertz CT molecular complexity index is 1200. The topological polar surface area (TPSA) is 95.7 Å². The summed E-state index contributed by atoms with van der Waals surface area (Å²) in [6.07, 6.45) is 4.84. The molecule has 11 heteroatoms. The molecule has 5 rings (SSSR count). The van der Waals surface area contributed by atoms with Crippen LogP contribution >= 0.6 is 22.6 Å². The molecule has 3 heterocycles. The average molecular weight is 610 g/mol. The average Bonchev–Trinajstić information content (AvgIpc) is 3.60. The third-order valence-electron chi connectivity index (χ3n) is 7.49. The smallest absolute Gasteiger partial charge is 0.293 e. The molecule has 0 bridgehead atoms. The number of aromatic nitrogens is 2. The third-order valence-corrected chi connectivity index (χ3v) is 8.16. The van der Waals surface area contributed by atoms with E-state index in [1.165, 1.54) is 23.8 Å². The van der Waals surface area contributed by atoms with Crippen molar-refractivity contribution in [1.29, 1.82) is 0 Å². The zero-order valence-electron chi connectivity index (χ0n) is 20.1. The number of nitrogens with zero attached hydrogens (tertiary/aromatic N) is 5. The number of hydrazine groups is 1. The molecule has 0 atom stereocenters. The van der Waals surface area contributed by atoms with Crippen LogP contribution < -0.4 is 15.6 Å². The molecule has 1 spiro atoms. The van der Waals surface area contributed by atoms with Crippen molar-refractivity contribution < 1.29 is 18.4 Å². The van der Waals surface area contributed by atoms with Gasteiger partial charge in [0.1, 0.15) is 5.69 Å². The lowest BCUT2D eigenvalue weighted by Gasteiger charge is -2.35. The Morgan fingerprint density at radius 3 is 2.39 bits per heavy atom. The molecular weight excluding hydrogens is 581 g/mol. The Kier molecular flexibility index (Phi) is 6.64. The molecule has 3 aliphatic rings. The normalized spacial score (nSPS) is 20.4. The fraction of sp³-hybridized carbons (Fsp3) is 0.520. The van der Waals surface area contributed by atoms with Crippen molar-refractivity contribution in [3.05, 3.63) is 44.8 Å². The molecule has 1 saturated carbocycles. The lowest BCUT2D eigenvalue weighted by Crippen LogP contribution is -2.45. The van der Waals surface area contributed by atoms with Crippen molar-refractivity contribution in [2.24, 2.45) is 11.3 Å². The number of carbonyl (C=O) groups excluding carboxylic acids is 2. The minimum atomic E-state index is -2.85. The van der Waals surface area contributed by atoms with Gasteiger partial charge in [0, 0.05) is 35.3 Å². The second-order valence-corrected chi connectivity index (χ2v) is 11.5. The molecule has 1 aliphatic carbocycles. The van der Waals surface area contributed by atoms with Gasteiger partial charge in [-0.05, 0) is 91.3 Å². The lowest BCUT2D eigenvalue weighted by atomic mass is 9.93. The first-order chi connectivity index (χ1) is 17.1. The maximum absolute atomic E-state index is 13.9. The molecule has 192 valence electrons. The highest BCUT2D eigenvalue weighted by Gasteiger charge is 2.45. The van der Waals surface area contributed by atoms with E-state index in [4.69, 9.17) is 5.84 Å². The van der Waals surface area contributed by atoms with Crippen LogP contribution in [0.5, 0.6) is 0 Å². The highest BCUT2D eigenvalue weighted by molar-refractivity contribution is 14.1. The number of halogens is 3. The predicted molar refractivity (Wildman–Crippen MR) is 140 cm³/mol. The van der Waals surface area contributed by atoms with Gasteiger partial charge in [0.2, 0.25) is 5.95 Å². The van der Waals surface area contributed by atoms with E-state index < -0.39 is 24.3 Å². The van der Waals surface area contributed by atoms with Crippen LogP contribution in [0.25, 0.3) is 0 Å². The zero-order chi connectivity index (χ0) is 25.7. The number of piperidine rings is 2. The maximum atomic E-state index is 13.9. The van der Waals surface area contributed by atoms with Crippen molar-refractivity contribution in [3.8, 4) is 0 Å². The molecule has 0 radical (unpaired) electrons. The molecular formula is C25H29F2IN6O2. The number of hydrogen-bond acceptors (Lipinski definition) is 7. The molecule has 3 fully saturated rings. The molecule has 1 aromatic carbocycles. The van der Waals surface area contributed by atoms with E-state index >= 15 is 0 Å². The first-order valence-electron chi connectivity index (χ1n) is 12.2. The number of anilines is 2. The molecule has 2 N–H and O–H groups in total. The van der Waals surface area contributed by atoms with E-state index in [2.05, 4.69) is 37.5 Å². The van der Waals surface area contributed by atoms with Gasteiger partial charge in [0.25, 0.3) is 17.7 Å². The standard InChI is InChI=1S/C25H29F2IN6O2/c1-16-13-19(31-23(30-16)33-10-2-5-25(26,27)15-33)22(36)34(29)21(35)18-4-3-17(28)14-20(18)32-11-8-24(6-7-24)9-12-32/h3-4,13-14H,2,5-12,15,29H2,1H3. The molecule has 2 amide bonds. The quantitative estimate of drug-likeness (QED) is 0.183. The van der Waals surface area contributed by atoms with E-state index in [9.17, 15) is 18.4 Å². The Labute approximate surface area is 222 Å². The van der Waals surface area contributed by atoms with Crippen LogP contribution in [0.2, 0.25) is 0 Å². The van der Waals surface area contributed by atoms with Gasteiger partial charge in [-0.1, -0.05) is 0 Å². The largest absolute Gasteiger partial charge is 0.371 e. The molecule has 36 heavy (non-hydrogen) atoms. The van der Waals surface area contributed by atoms with Crippen molar-refractivity contribution in [3.63, 3.8) is 0 Å². The van der Waals surface area contributed by atoms with Gasteiger partial charge >= 0.3 is 0 Å². The highest BCUT2D eigenvalue weighted by Crippen LogP contribution is 2.54. The van der Waals surface area contributed by atoms with Gasteiger partial charge in [-0.2, -0.15) is 0 Å². The minimum Gasteiger partial charge on any atom is -0.371 e. The summed E-state index contributed by atoms with van der Waals surface area (Å²) in [4.78, 5) is 38.7. The number of benzene rings is 1. The van der Waals surface area contributed by atoms with Crippen LogP contribution in [0.3, 0.4) is 0 Å². The van der Waals surface area contributed by atoms with Gasteiger partial charge in [-0.3, -0.25) is 9.59 Å². The molecule has 2 aliphatic heterocycles. The SMILES string of the molecule is Cc1cc(C(=O)N(N)C(=O)c2ccc(I)cc2N2CCC3(CC2)CC3)nc(N2CCCC(F)(F)C2)n1. The first kappa shape index (κ1) is 25.2. The van der Waals surface area contributed by atoms with E-state index in [-0.39, 0.29) is 18.1 Å². The van der Waals surface area contributed by atoms with Crippen LogP contribution in [-0.2, 0) is 0 Å². The number of carbonyl (C=O) groups is 2. The van der Waals surface area contributed by atoms with Gasteiger partial charge in [-0.15, -0.1) is 0 Å². The third kappa shape index (κ3) is 5.17. The summed E-state index contributed by atoms with van der Waals surface area (Å²) in [6.45, 7) is 3.20. The van der Waals surface area contributed by atoms with E-state index in [1.54, 1.807) is 13.0 Å². The maximum Gasteiger partial charge on any atom is 0.293 e. The predicted octanol–water partition coefficient (Wildman–Crippen LogP) is 4.16. The van der Waals surface area contributed by atoms with Crippen LogP contribution in [0.4, 0.5) is 20.4 Å². The van der Waals surface area contributed by atoms with E-state index in [0.717, 1.165) is 35.2 Å². The second-order valence-electron chi connectivity index (χ2n) is 10.2. The van der Waals surface area contributed by atoms with Crippen molar-refractivity contribution >= 4 is 46.0 Å². The number of amides is 2. The van der Waals surface area contributed by atoms with Gasteiger partial charge in [0.05, 0.1) is 17.8 Å². The Morgan fingerprint density at radius 2 is 1.72 bits per heavy atom. The Hall–Kier alpha value is -2.41. The Morgan fingerprint density at radius 1 is 1.00 bits per heavy atom. The van der Waals surface area contributed by atoms with Crippen molar-refractivity contribution in [1.82, 2.24) is 15.0 Å². The summed E-state index contributed by atoms with van der Waals surface area (Å²) < 4.78 is 28.9. The summed E-state index contributed by atoms with van der Waals surface area (Å²) >= 11 is 2.21. The second kappa shape index (κ2) is 9.47. The van der Waals surface area contributed by atoms with Crippen LogP contribution in [0.1, 0.15) is 65.1 Å². The summed E-state index contributed by atoms with van der Waals surface area (Å²) in [6, 6.07) is 6.86. The molecule has 0 unspecified atom stereocenters. The van der Waals surface area contributed by atoms with Gasteiger partial charge in [-0.25, -0.2) is 29.6 Å². The first-order valence-corrected chi connectivity index (χ1v) is 13.3. The Balaban J connectivity index is 1.38. The number of imide groups is 1. The van der Waals surface area contributed by atoms with Crippen molar-refractivity contribution in [2.45, 2.75) is 51.4 Å². The van der Waals surface area contributed by atoms with Crippen LogP contribution in [0.15, 0.2) is 24.3 Å². The molecule has 1 aromatic heterocycles. The number of nitrogens with two attached hydrogens (primary N) is 1. The highest BCUT2D eigenvalue weighted by atomic mass is 127.